The lowest BCUT2D eigenvalue weighted by Gasteiger charge is -2.30. The van der Waals surface area contributed by atoms with Crippen LogP contribution in [0.1, 0.15) is 50.9 Å². The fourth-order valence-corrected chi connectivity index (χ4v) is 2.47. The third kappa shape index (κ3) is 2.30. The van der Waals surface area contributed by atoms with Gasteiger partial charge in [-0.15, -0.1) is 0 Å². The molecule has 1 aromatic rings. The SMILES string of the molecule is CC1(C(=O)O)CCCN1C(=O)c1cnn(C(C)(C)C)c1. The molecule has 0 bridgehead atoms. The molecule has 1 aliphatic heterocycles. The normalized spacial score (nSPS) is 23.1. The van der Waals surface area contributed by atoms with Crippen LogP contribution in [0.5, 0.6) is 0 Å². The van der Waals surface area contributed by atoms with Gasteiger partial charge in [-0.3, -0.25) is 9.48 Å². The highest BCUT2D eigenvalue weighted by Gasteiger charge is 2.46. The first-order chi connectivity index (χ1) is 9.16. The number of carboxylic acid groups (broad SMARTS) is 1. The minimum atomic E-state index is -1.11. The van der Waals surface area contributed by atoms with Gasteiger partial charge >= 0.3 is 5.97 Å². The van der Waals surface area contributed by atoms with Crippen molar-refractivity contribution in [2.45, 2.75) is 51.6 Å². The number of carboxylic acids is 1. The van der Waals surface area contributed by atoms with Crippen molar-refractivity contribution in [1.82, 2.24) is 14.7 Å². The fourth-order valence-electron chi connectivity index (χ4n) is 2.47. The number of rotatable bonds is 2. The number of carbonyl (C=O) groups excluding carboxylic acids is 1. The van der Waals surface area contributed by atoms with Crippen molar-refractivity contribution in [3.63, 3.8) is 0 Å². The molecule has 1 fully saturated rings. The molecule has 0 aliphatic carbocycles. The van der Waals surface area contributed by atoms with E-state index < -0.39 is 11.5 Å². The smallest absolute Gasteiger partial charge is 0.329 e. The molecule has 0 saturated carbocycles. The maximum absolute atomic E-state index is 12.5. The molecule has 1 amide bonds. The quantitative estimate of drug-likeness (QED) is 0.894. The van der Waals surface area contributed by atoms with Gasteiger partial charge in [-0.2, -0.15) is 5.10 Å². The van der Waals surface area contributed by atoms with Crippen molar-refractivity contribution in [2.24, 2.45) is 0 Å². The van der Waals surface area contributed by atoms with Gasteiger partial charge in [0.15, 0.2) is 0 Å². The molecule has 6 nitrogen and oxygen atoms in total. The van der Waals surface area contributed by atoms with Crippen LogP contribution < -0.4 is 0 Å². The van der Waals surface area contributed by atoms with Crippen LogP contribution in [0.2, 0.25) is 0 Å². The van der Waals surface area contributed by atoms with E-state index in [1.54, 1.807) is 17.8 Å². The van der Waals surface area contributed by atoms with E-state index in [0.29, 0.717) is 24.9 Å². The van der Waals surface area contributed by atoms with Crippen molar-refractivity contribution in [1.29, 1.82) is 0 Å². The van der Waals surface area contributed by atoms with Gasteiger partial charge in [-0.25, -0.2) is 4.79 Å². The number of nitrogens with zero attached hydrogens (tertiary/aromatic N) is 3. The Bertz CT molecular complexity index is 544. The summed E-state index contributed by atoms with van der Waals surface area (Å²) < 4.78 is 1.72. The summed E-state index contributed by atoms with van der Waals surface area (Å²) >= 11 is 0. The van der Waals surface area contributed by atoms with E-state index in [2.05, 4.69) is 5.10 Å². The highest BCUT2D eigenvalue weighted by molar-refractivity contribution is 5.97. The van der Waals surface area contributed by atoms with Gasteiger partial charge in [-0.05, 0) is 40.5 Å². The van der Waals surface area contributed by atoms with Crippen molar-refractivity contribution >= 4 is 11.9 Å². The highest BCUT2D eigenvalue weighted by Crippen LogP contribution is 2.30. The predicted molar refractivity (Wildman–Crippen MR) is 73.5 cm³/mol. The van der Waals surface area contributed by atoms with Gasteiger partial charge in [0.1, 0.15) is 5.54 Å². The lowest BCUT2D eigenvalue weighted by Crippen LogP contribution is -2.50. The minimum Gasteiger partial charge on any atom is -0.480 e. The summed E-state index contributed by atoms with van der Waals surface area (Å²) in [4.78, 5) is 25.4. The summed E-state index contributed by atoms with van der Waals surface area (Å²) in [5.74, 6) is -1.21. The number of carbonyl (C=O) groups is 2. The Morgan fingerprint density at radius 1 is 1.40 bits per heavy atom. The fraction of sp³-hybridized carbons (Fsp3) is 0.643. The van der Waals surface area contributed by atoms with Crippen molar-refractivity contribution in [2.75, 3.05) is 6.54 Å². The first-order valence-corrected chi connectivity index (χ1v) is 6.77. The summed E-state index contributed by atoms with van der Waals surface area (Å²) in [7, 11) is 0. The Morgan fingerprint density at radius 2 is 2.05 bits per heavy atom. The second-order valence-electron chi connectivity index (χ2n) is 6.48. The third-order valence-electron chi connectivity index (χ3n) is 3.86. The number of hydrogen-bond acceptors (Lipinski definition) is 3. The molecule has 110 valence electrons. The number of hydrogen-bond donors (Lipinski definition) is 1. The number of aromatic nitrogens is 2. The third-order valence-corrected chi connectivity index (χ3v) is 3.86. The van der Waals surface area contributed by atoms with Crippen LogP contribution in [0.15, 0.2) is 12.4 Å². The Hall–Kier alpha value is -1.85. The standard InChI is InChI=1S/C14H21N3O3/c1-13(2,3)17-9-10(8-15-17)11(18)16-7-5-6-14(16,4)12(19)20/h8-9H,5-7H2,1-4H3,(H,19,20). The van der Waals surface area contributed by atoms with Crippen LogP contribution in [0.4, 0.5) is 0 Å². The monoisotopic (exact) mass is 279 g/mol. The van der Waals surface area contributed by atoms with Crippen LogP contribution in [-0.4, -0.2) is 43.7 Å². The molecule has 2 heterocycles. The maximum Gasteiger partial charge on any atom is 0.329 e. The Kier molecular flexibility index (Phi) is 3.36. The number of likely N-dealkylation sites (tertiary alicyclic amines) is 1. The first-order valence-electron chi connectivity index (χ1n) is 6.77. The lowest BCUT2D eigenvalue weighted by atomic mass is 9.99. The van der Waals surface area contributed by atoms with Gasteiger partial charge in [0.05, 0.1) is 17.3 Å². The van der Waals surface area contributed by atoms with E-state index in [1.165, 1.54) is 11.1 Å². The van der Waals surface area contributed by atoms with E-state index in [-0.39, 0.29) is 11.4 Å². The van der Waals surface area contributed by atoms with Crippen molar-refractivity contribution in [3.8, 4) is 0 Å². The van der Waals surface area contributed by atoms with Crippen LogP contribution >= 0.6 is 0 Å². The van der Waals surface area contributed by atoms with Crippen molar-refractivity contribution in [3.05, 3.63) is 18.0 Å². The van der Waals surface area contributed by atoms with Crippen LogP contribution in [0.25, 0.3) is 0 Å². The molecule has 6 heteroatoms. The molecule has 0 aromatic carbocycles. The Labute approximate surface area is 118 Å². The zero-order valence-electron chi connectivity index (χ0n) is 12.4. The highest BCUT2D eigenvalue weighted by atomic mass is 16.4. The van der Waals surface area contributed by atoms with Gasteiger partial charge in [0, 0.05) is 12.7 Å². The molecule has 2 rings (SSSR count). The molecular formula is C14H21N3O3. The van der Waals surface area contributed by atoms with Gasteiger partial charge < -0.3 is 10.0 Å². The van der Waals surface area contributed by atoms with Gasteiger partial charge in [-0.1, -0.05) is 0 Å². The molecule has 0 spiro atoms. The molecule has 20 heavy (non-hydrogen) atoms. The first kappa shape index (κ1) is 14.6. The van der Waals surface area contributed by atoms with E-state index in [9.17, 15) is 14.7 Å². The number of amides is 1. The molecule has 1 N–H and O–H groups in total. The zero-order valence-corrected chi connectivity index (χ0v) is 12.4. The van der Waals surface area contributed by atoms with Crippen molar-refractivity contribution < 1.29 is 14.7 Å². The molecule has 0 radical (unpaired) electrons. The van der Waals surface area contributed by atoms with Crippen LogP contribution in [0.3, 0.4) is 0 Å². The topological polar surface area (TPSA) is 75.4 Å². The second kappa shape index (κ2) is 4.61. The predicted octanol–water partition coefficient (Wildman–Crippen LogP) is 1.72. The second-order valence-corrected chi connectivity index (χ2v) is 6.48. The van der Waals surface area contributed by atoms with E-state index >= 15 is 0 Å². The minimum absolute atomic E-state index is 0.209. The molecule has 1 aromatic heterocycles. The average Bonchev–Trinajstić information content (AvgIpc) is 2.94. The summed E-state index contributed by atoms with van der Waals surface area (Å²) in [6, 6.07) is 0. The largest absolute Gasteiger partial charge is 0.480 e. The zero-order chi connectivity index (χ0) is 15.1. The molecular weight excluding hydrogens is 258 g/mol. The average molecular weight is 279 g/mol. The Morgan fingerprint density at radius 3 is 2.55 bits per heavy atom. The summed E-state index contributed by atoms with van der Waals surface area (Å²) in [6.45, 7) is 8.05. The van der Waals surface area contributed by atoms with E-state index in [4.69, 9.17) is 0 Å². The van der Waals surface area contributed by atoms with E-state index in [0.717, 1.165) is 0 Å². The summed E-state index contributed by atoms with van der Waals surface area (Å²) in [6.07, 6.45) is 4.39. The molecule has 1 unspecified atom stereocenters. The maximum atomic E-state index is 12.5. The van der Waals surface area contributed by atoms with E-state index in [1.807, 2.05) is 20.8 Å². The van der Waals surface area contributed by atoms with Gasteiger partial charge in [0.2, 0.25) is 0 Å². The number of aliphatic carboxylic acids is 1. The van der Waals surface area contributed by atoms with Crippen LogP contribution in [0, 0.1) is 0 Å². The Balaban J connectivity index is 2.28. The van der Waals surface area contributed by atoms with Gasteiger partial charge in [0.25, 0.3) is 5.91 Å². The van der Waals surface area contributed by atoms with Crippen LogP contribution in [-0.2, 0) is 10.3 Å². The molecule has 1 saturated heterocycles. The molecule has 1 aliphatic rings. The molecule has 1 atom stereocenters. The lowest BCUT2D eigenvalue weighted by molar-refractivity contribution is -0.147. The summed E-state index contributed by atoms with van der Waals surface area (Å²) in [5.41, 5.74) is -0.880. The summed E-state index contributed by atoms with van der Waals surface area (Å²) in [5, 5.41) is 13.6.